The van der Waals surface area contributed by atoms with Gasteiger partial charge >= 0.3 is 0 Å². The Morgan fingerprint density at radius 1 is 0.867 bits per heavy atom. The number of methoxy groups -OCH3 is 1. The first kappa shape index (κ1) is 15.4. The van der Waals surface area contributed by atoms with Crippen molar-refractivity contribution in [2.75, 3.05) is 20.3 Å². The Kier molecular flexibility index (Phi) is 6.32. The molecule has 0 amide bonds. The average Bonchev–Trinajstić information content (AvgIpc) is 1.99. The molecule has 0 unspecified atom stereocenters. The van der Waals surface area contributed by atoms with Crippen LogP contribution in [0, 0.1) is 0 Å². The molecular weight excluding hydrogens is 218 g/mol. The highest BCUT2D eigenvalue weighted by molar-refractivity contribution is 6.89. The van der Waals surface area contributed by atoms with Crippen molar-refractivity contribution in [2.45, 2.75) is 52.1 Å². The van der Waals surface area contributed by atoms with Crippen molar-refractivity contribution in [3.63, 3.8) is 0 Å². The molecule has 0 atom stereocenters. The summed E-state index contributed by atoms with van der Waals surface area (Å²) in [7, 11) is -0.470. The molecule has 0 aromatic carbocycles. The van der Waals surface area contributed by atoms with E-state index >= 15 is 0 Å². The largest absolute Gasteiger partial charge is 0.385 e. The Morgan fingerprint density at radius 3 is 1.67 bits per heavy atom. The molecule has 0 aliphatic carbocycles. The van der Waals surface area contributed by atoms with Crippen LogP contribution < -0.4 is 0 Å². The summed E-state index contributed by atoms with van der Waals surface area (Å²) in [4.78, 5) is 0. The maximum atomic E-state index is 5.10. The zero-order valence-electron chi connectivity index (χ0n) is 11.7. The highest BCUT2D eigenvalue weighted by Crippen LogP contribution is 2.20. The van der Waals surface area contributed by atoms with E-state index in [0.29, 0.717) is 0 Å². The van der Waals surface area contributed by atoms with Crippen LogP contribution in [0.15, 0.2) is 0 Å². The molecule has 0 aromatic rings. The lowest BCUT2D eigenvalue weighted by atomic mass is 10.3. The molecule has 0 bridgehead atoms. The fourth-order valence-corrected chi connectivity index (χ4v) is 11.9. The van der Waals surface area contributed by atoms with E-state index in [1.807, 2.05) is 0 Å². The highest BCUT2D eigenvalue weighted by atomic mass is 28.4. The molecule has 0 rings (SSSR count). The minimum atomic E-state index is -1.13. The summed E-state index contributed by atoms with van der Waals surface area (Å²) in [6.07, 6.45) is 2.48. The van der Waals surface area contributed by atoms with Crippen LogP contribution in [0.25, 0.3) is 0 Å². The van der Waals surface area contributed by atoms with E-state index in [1.165, 1.54) is 19.4 Å². The summed E-state index contributed by atoms with van der Waals surface area (Å²) >= 11 is 0. The molecule has 0 N–H and O–H groups in total. The molecule has 0 aromatic heterocycles. The smallest absolute Gasteiger partial charge is 0.112 e. The molecule has 0 saturated carbocycles. The van der Waals surface area contributed by atoms with Crippen LogP contribution in [0.5, 0.6) is 0 Å². The van der Waals surface area contributed by atoms with Crippen LogP contribution in [0.4, 0.5) is 0 Å². The van der Waals surface area contributed by atoms with Gasteiger partial charge in [-0.3, -0.25) is 0 Å². The second-order valence-corrected chi connectivity index (χ2v) is 16.4. The average molecular weight is 248 g/mol. The maximum absolute atomic E-state index is 5.10. The Hall–Kier alpha value is 0.354. The molecule has 0 aliphatic rings. The van der Waals surface area contributed by atoms with Crippen LogP contribution in [-0.4, -0.2) is 41.0 Å². The SMILES string of the molecule is COCCCCN([Si](C)(C)C)[Si](C)(C)C. The Morgan fingerprint density at radius 2 is 1.33 bits per heavy atom. The number of rotatable bonds is 7. The minimum Gasteiger partial charge on any atom is -0.385 e. The summed E-state index contributed by atoms with van der Waals surface area (Å²) in [5.74, 6) is 0. The van der Waals surface area contributed by atoms with Gasteiger partial charge in [0.1, 0.15) is 16.5 Å². The topological polar surface area (TPSA) is 12.5 Å². The highest BCUT2D eigenvalue weighted by Gasteiger charge is 2.33. The molecule has 0 fully saturated rings. The molecule has 0 heterocycles. The number of hydrogen-bond donors (Lipinski definition) is 0. The second kappa shape index (κ2) is 6.18. The number of unbranched alkanes of at least 4 members (excludes halogenated alkanes) is 1. The van der Waals surface area contributed by atoms with Gasteiger partial charge in [-0.05, 0) is 19.4 Å². The van der Waals surface area contributed by atoms with E-state index in [2.05, 4.69) is 43.5 Å². The van der Waals surface area contributed by atoms with E-state index in [1.54, 1.807) is 7.11 Å². The quantitative estimate of drug-likeness (QED) is 0.505. The van der Waals surface area contributed by atoms with Gasteiger partial charge in [0.05, 0.1) is 0 Å². The van der Waals surface area contributed by atoms with Crippen molar-refractivity contribution >= 4 is 16.5 Å². The van der Waals surface area contributed by atoms with Gasteiger partial charge in [-0.15, -0.1) is 0 Å². The Bertz CT molecular complexity index is 158. The lowest BCUT2D eigenvalue weighted by Gasteiger charge is -2.43. The van der Waals surface area contributed by atoms with Gasteiger partial charge in [-0.2, -0.15) is 0 Å². The minimum absolute atomic E-state index is 0.908. The predicted molar refractivity (Wildman–Crippen MR) is 74.5 cm³/mol. The zero-order chi connectivity index (χ0) is 12.1. The molecule has 0 spiro atoms. The van der Waals surface area contributed by atoms with E-state index in [-0.39, 0.29) is 0 Å². The summed E-state index contributed by atoms with van der Waals surface area (Å²) in [5, 5.41) is 0. The van der Waals surface area contributed by atoms with Crippen molar-refractivity contribution < 1.29 is 4.74 Å². The summed E-state index contributed by atoms with van der Waals surface area (Å²) in [5.41, 5.74) is 0. The van der Waals surface area contributed by atoms with Gasteiger partial charge in [0, 0.05) is 13.7 Å². The molecule has 0 radical (unpaired) electrons. The molecule has 2 nitrogen and oxygen atoms in total. The number of hydrogen-bond acceptors (Lipinski definition) is 2. The van der Waals surface area contributed by atoms with Crippen molar-refractivity contribution in [3.8, 4) is 0 Å². The van der Waals surface area contributed by atoms with E-state index in [0.717, 1.165) is 6.61 Å². The zero-order valence-corrected chi connectivity index (χ0v) is 13.7. The van der Waals surface area contributed by atoms with E-state index in [4.69, 9.17) is 4.74 Å². The molecule has 4 heteroatoms. The molecule has 92 valence electrons. The fraction of sp³-hybridized carbons (Fsp3) is 1.00. The monoisotopic (exact) mass is 247 g/mol. The Balaban J connectivity index is 4.17. The van der Waals surface area contributed by atoms with Gasteiger partial charge in [-0.25, -0.2) is 0 Å². The second-order valence-electron chi connectivity index (χ2n) is 6.19. The summed E-state index contributed by atoms with van der Waals surface area (Å²) in [6.45, 7) is 16.9. The van der Waals surface area contributed by atoms with Gasteiger partial charge < -0.3 is 8.97 Å². The van der Waals surface area contributed by atoms with Crippen molar-refractivity contribution in [3.05, 3.63) is 0 Å². The standard InChI is InChI=1S/C11H29NOSi2/c1-13-11-9-8-10-12(14(2,3)4)15(5,6)7/h8-11H2,1-7H3. The Labute approximate surface area is 98.2 Å². The number of nitrogens with zero attached hydrogens (tertiary/aromatic N) is 1. The van der Waals surface area contributed by atoms with Crippen LogP contribution in [0.3, 0.4) is 0 Å². The molecule has 15 heavy (non-hydrogen) atoms. The lowest BCUT2D eigenvalue weighted by molar-refractivity contribution is 0.191. The maximum Gasteiger partial charge on any atom is 0.112 e. The van der Waals surface area contributed by atoms with E-state index in [9.17, 15) is 0 Å². The van der Waals surface area contributed by atoms with Gasteiger partial charge in [0.25, 0.3) is 0 Å². The van der Waals surface area contributed by atoms with Crippen LogP contribution >= 0.6 is 0 Å². The molecular formula is C11H29NOSi2. The predicted octanol–water partition coefficient (Wildman–Crippen LogP) is 3.38. The first-order valence-corrected chi connectivity index (χ1v) is 12.9. The normalized spacial score (nSPS) is 13.6. The van der Waals surface area contributed by atoms with Gasteiger partial charge in [-0.1, -0.05) is 39.3 Å². The molecule has 0 aliphatic heterocycles. The van der Waals surface area contributed by atoms with Crippen molar-refractivity contribution in [1.82, 2.24) is 4.23 Å². The third-order valence-electron chi connectivity index (χ3n) is 2.60. The third-order valence-corrected chi connectivity index (χ3v) is 10.3. The summed E-state index contributed by atoms with van der Waals surface area (Å²) in [6, 6.07) is 0. The molecule has 0 saturated heterocycles. The summed E-state index contributed by atoms with van der Waals surface area (Å²) < 4.78 is 7.94. The van der Waals surface area contributed by atoms with E-state index < -0.39 is 16.5 Å². The lowest BCUT2D eigenvalue weighted by Crippen LogP contribution is -2.59. The van der Waals surface area contributed by atoms with Crippen molar-refractivity contribution in [1.29, 1.82) is 0 Å². The van der Waals surface area contributed by atoms with Gasteiger partial charge in [0.2, 0.25) is 0 Å². The third kappa shape index (κ3) is 6.50. The fourth-order valence-electron chi connectivity index (χ4n) is 2.19. The number of ether oxygens (including phenoxy) is 1. The van der Waals surface area contributed by atoms with Crippen LogP contribution in [0.2, 0.25) is 39.3 Å². The first-order chi connectivity index (χ1) is 6.69. The van der Waals surface area contributed by atoms with Gasteiger partial charge in [0.15, 0.2) is 0 Å². The van der Waals surface area contributed by atoms with Crippen LogP contribution in [-0.2, 0) is 4.74 Å². The first-order valence-electron chi connectivity index (χ1n) is 5.96. The van der Waals surface area contributed by atoms with Crippen molar-refractivity contribution in [2.24, 2.45) is 0 Å². The van der Waals surface area contributed by atoms with Crippen LogP contribution in [0.1, 0.15) is 12.8 Å².